The van der Waals surface area contributed by atoms with Crippen LogP contribution in [-0.4, -0.2) is 11.4 Å². The van der Waals surface area contributed by atoms with Gasteiger partial charge in [0.2, 0.25) is 0 Å². The van der Waals surface area contributed by atoms with Gasteiger partial charge in [-0.05, 0) is 18.8 Å². The molecule has 0 aliphatic rings. The van der Waals surface area contributed by atoms with E-state index in [0.717, 1.165) is 13.0 Å². The second-order valence-electron chi connectivity index (χ2n) is 1.60. The van der Waals surface area contributed by atoms with Gasteiger partial charge in [-0.1, -0.05) is 20.1 Å². The summed E-state index contributed by atoms with van der Waals surface area (Å²) in [5.41, 5.74) is 0. The first-order valence-electron chi connectivity index (χ1n) is 2.86. The second-order valence-corrected chi connectivity index (χ2v) is 1.60. The van der Waals surface area contributed by atoms with Gasteiger partial charge in [-0.2, -0.15) is 0 Å². The third-order valence-corrected chi connectivity index (χ3v) is 0.951. The highest BCUT2D eigenvalue weighted by Gasteiger charge is 1.84. The summed E-state index contributed by atoms with van der Waals surface area (Å²) in [4.78, 5) is 1.96. The van der Waals surface area contributed by atoms with Crippen molar-refractivity contribution >= 4 is 0 Å². The molecule has 0 saturated heterocycles. The van der Waals surface area contributed by atoms with Gasteiger partial charge in [0, 0.05) is 6.54 Å². The minimum Gasteiger partial charge on any atom is -0.355 e. The maximum atomic E-state index is 3.61. The zero-order valence-electron chi connectivity index (χ0n) is 5.43. The van der Waals surface area contributed by atoms with Crippen LogP contribution in [0.4, 0.5) is 0 Å². The summed E-state index contributed by atoms with van der Waals surface area (Å²) in [6.45, 7) is 10.4. The van der Waals surface area contributed by atoms with E-state index in [1.54, 1.807) is 12.4 Å². The van der Waals surface area contributed by atoms with E-state index in [1.807, 2.05) is 4.90 Å². The Morgan fingerprint density at radius 3 is 2.00 bits per heavy atom. The minimum absolute atomic E-state index is 1.02. The van der Waals surface area contributed by atoms with E-state index in [1.165, 1.54) is 0 Å². The Hall–Kier alpha value is -0.720. The van der Waals surface area contributed by atoms with Crippen molar-refractivity contribution in [2.45, 2.75) is 13.3 Å². The highest BCUT2D eigenvalue weighted by Crippen LogP contribution is 1.89. The Morgan fingerprint density at radius 2 is 1.88 bits per heavy atom. The lowest BCUT2D eigenvalue weighted by Crippen LogP contribution is -2.08. The van der Waals surface area contributed by atoms with Gasteiger partial charge in [0.25, 0.3) is 0 Å². The molecule has 0 unspecified atom stereocenters. The lowest BCUT2D eigenvalue weighted by Gasteiger charge is -2.10. The van der Waals surface area contributed by atoms with Crippen LogP contribution in [0.25, 0.3) is 0 Å². The van der Waals surface area contributed by atoms with Gasteiger partial charge in [-0.3, -0.25) is 0 Å². The van der Waals surface area contributed by atoms with Gasteiger partial charge in [0.1, 0.15) is 0 Å². The zero-order chi connectivity index (χ0) is 6.41. The first kappa shape index (κ1) is 7.28. The van der Waals surface area contributed by atoms with Crippen LogP contribution in [-0.2, 0) is 0 Å². The molecule has 0 aliphatic carbocycles. The van der Waals surface area contributed by atoms with Crippen LogP contribution in [0.3, 0.4) is 0 Å². The van der Waals surface area contributed by atoms with E-state index >= 15 is 0 Å². The monoisotopic (exact) mass is 111 g/mol. The molecule has 0 N–H and O–H groups in total. The van der Waals surface area contributed by atoms with Crippen LogP contribution in [0, 0.1) is 0 Å². The van der Waals surface area contributed by atoms with Gasteiger partial charge >= 0.3 is 0 Å². The summed E-state index contributed by atoms with van der Waals surface area (Å²) >= 11 is 0. The van der Waals surface area contributed by atoms with E-state index in [4.69, 9.17) is 0 Å². The highest BCUT2D eigenvalue weighted by molar-refractivity contribution is 4.79. The predicted octanol–water partition coefficient (Wildman–Crippen LogP) is 1.99. The van der Waals surface area contributed by atoms with Gasteiger partial charge in [-0.15, -0.1) is 0 Å². The third kappa shape index (κ3) is 2.45. The largest absolute Gasteiger partial charge is 0.355 e. The molecule has 0 atom stereocenters. The Bertz CT molecular complexity index is 68.5. The quantitative estimate of drug-likeness (QED) is 0.536. The summed E-state index contributed by atoms with van der Waals surface area (Å²) in [6.07, 6.45) is 4.69. The summed E-state index contributed by atoms with van der Waals surface area (Å²) in [6, 6.07) is 0. The molecule has 0 aromatic rings. The molecule has 46 valence electrons. The Balaban J connectivity index is 3.35. The van der Waals surface area contributed by atoms with Crippen LogP contribution in [0.2, 0.25) is 0 Å². The highest BCUT2D eigenvalue weighted by atomic mass is 15.1. The average molecular weight is 111 g/mol. The molecule has 1 nitrogen and oxygen atoms in total. The Kier molecular flexibility index (Phi) is 4.04. The molecule has 0 spiro atoms. The second kappa shape index (κ2) is 4.44. The van der Waals surface area contributed by atoms with Gasteiger partial charge in [0.05, 0.1) is 0 Å². The summed E-state index contributed by atoms with van der Waals surface area (Å²) in [7, 11) is 0. The molecular weight excluding hydrogens is 98.1 g/mol. The molecule has 0 rings (SSSR count). The number of hydrogen-bond acceptors (Lipinski definition) is 1. The van der Waals surface area contributed by atoms with Crippen LogP contribution in [0.5, 0.6) is 0 Å². The summed E-state index contributed by atoms with van der Waals surface area (Å²) in [5, 5.41) is 0. The molecule has 0 saturated carbocycles. The molecule has 0 bridgehead atoms. The fourth-order valence-electron chi connectivity index (χ4n) is 0.515. The predicted molar refractivity (Wildman–Crippen MR) is 37.4 cm³/mol. The molecule has 0 heterocycles. The van der Waals surface area contributed by atoms with Crippen LogP contribution in [0.15, 0.2) is 25.6 Å². The zero-order valence-corrected chi connectivity index (χ0v) is 5.43. The standard InChI is InChI=1S/C7H13N/c1-4-7-8(5-2)6-3/h5-6H,2-4,7H2,1H3. The SMILES string of the molecule is C=CN(C=C)CCC. The van der Waals surface area contributed by atoms with Crippen molar-refractivity contribution in [2.24, 2.45) is 0 Å². The summed E-state index contributed by atoms with van der Waals surface area (Å²) < 4.78 is 0. The fraction of sp³-hybridized carbons (Fsp3) is 0.429. The van der Waals surface area contributed by atoms with Crippen LogP contribution >= 0.6 is 0 Å². The van der Waals surface area contributed by atoms with E-state index in [0.29, 0.717) is 0 Å². The Morgan fingerprint density at radius 1 is 1.38 bits per heavy atom. The van der Waals surface area contributed by atoms with E-state index in [2.05, 4.69) is 20.1 Å². The molecule has 0 aromatic carbocycles. The van der Waals surface area contributed by atoms with Crippen LogP contribution < -0.4 is 0 Å². The molecule has 0 aromatic heterocycles. The molecule has 0 radical (unpaired) electrons. The normalized spacial score (nSPS) is 8.12. The number of nitrogens with zero attached hydrogens (tertiary/aromatic N) is 1. The van der Waals surface area contributed by atoms with Gasteiger partial charge in [-0.25, -0.2) is 0 Å². The fourth-order valence-corrected chi connectivity index (χ4v) is 0.515. The van der Waals surface area contributed by atoms with E-state index < -0.39 is 0 Å². The molecule has 8 heavy (non-hydrogen) atoms. The number of rotatable bonds is 4. The van der Waals surface area contributed by atoms with Crippen molar-refractivity contribution in [3.63, 3.8) is 0 Å². The lowest BCUT2D eigenvalue weighted by molar-refractivity contribution is 0.504. The third-order valence-electron chi connectivity index (χ3n) is 0.951. The average Bonchev–Trinajstić information content (AvgIpc) is 1.83. The van der Waals surface area contributed by atoms with Crippen LogP contribution in [0.1, 0.15) is 13.3 Å². The first-order chi connectivity index (χ1) is 3.85. The van der Waals surface area contributed by atoms with Crippen molar-refractivity contribution in [3.05, 3.63) is 25.6 Å². The van der Waals surface area contributed by atoms with Crippen molar-refractivity contribution in [1.29, 1.82) is 0 Å². The topological polar surface area (TPSA) is 3.24 Å². The summed E-state index contributed by atoms with van der Waals surface area (Å²) in [5.74, 6) is 0. The lowest BCUT2D eigenvalue weighted by atomic mass is 10.4. The van der Waals surface area contributed by atoms with Gasteiger partial charge < -0.3 is 4.90 Å². The molecule has 0 fully saturated rings. The molecule has 0 amide bonds. The smallest absolute Gasteiger partial charge is 0.0216 e. The van der Waals surface area contributed by atoms with Crippen molar-refractivity contribution in [1.82, 2.24) is 4.90 Å². The van der Waals surface area contributed by atoms with E-state index in [-0.39, 0.29) is 0 Å². The van der Waals surface area contributed by atoms with Gasteiger partial charge in [0.15, 0.2) is 0 Å². The maximum absolute atomic E-state index is 3.61. The van der Waals surface area contributed by atoms with Crippen molar-refractivity contribution in [3.8, 4) is 0 Å². The van der Waals surface area contributed by atoms with E-state index in [9.17, 15) is 0 Å². The first-order valence-corrected chi connectivity index (χ1v) is 2.86. The minimum atomic E-state index is 1.02. The molecule has 1 heteroatoms. The molecular formula is C7H13N. The maximum Gasteiger partial charge on any atom is 0.0216 e. The number of hydrogen-bond donors (Lipinski definition) is 0. The van der Waals surface area contributed by atoms with Crippen molar-refractivity contribution < 1.29 is 0 Å². The van der Waals surface area contributed by atoms with Crippen molar-refractivity contribution in [2.75, 3.05) is 6.54 Å². The Labute approximate surface area is 51.3 Å². The molecule has 0 aliphatic heterocycles.